The van der Waals surface area contributed by atoms with Crippen molar-refractivity contribution in [1.29, 1.82) is 0 Å². The first-order chi connectivity index (χ1) is 8.00. The standard InChI is InChI=1S/C13H15N3O/c1-13(2,9-6-4-3-5-7-9)10-8-11(17)16-12(14)15-10/h3-8H,1-2H3,(H3,14,15,16,17). The Bertz CT molecular complexity index is 573. The van der Waals surface area contributed by atoms with Gasteiger partial charge in [0.05, 0.1) is 5.69 Å². The summed E-state index contributed by atoms with van der Waals surface area (Å²) in [4.78, 5) is 18.1. The minimum atomic E-state index is -0.344. The number of aromatic nitrogens is 2. The van der Waals surface area contributed by atoms with Gasteiger partial charge in [-0.3, -0.25) is 9.78 Å². The first-order valence-electron chi connectivity index (χ1n) is 5.43. The quantitative estimate of drug-likeness (QED) is 0.823. The zero-order chi connectivity index (χ0) is 12.5. The molecule has 1 aromatic carbocycles. The smallest absolute Gasteiger partial charge is 0.252 e. The predicted molar refractivity (Wildman–Crippen MR) is 67.8 cm³/mol. The molecular formula is C13H15N3O. The van der Waals surface area contributed by atoms with Crippen LogP contribution in [0.5, 0.6) is 0 Å². The molecule has 2 rings (SSSR count). The van der Waals surface area contributed by atoms with E-state index >= 15 is 0 Å². The van der Waals surface area contributed by atoms with E-state index in [2.05, 4.69) is 9.97 Å². The Morgan fingerprint density at radius 2 is 1.88 bits per heavy atom. The van der Waals surface area contributed by atoms with Crippen molar-refractivity contribution in [2.75, 3.05) is 5.73 Å². The normalized spacial score (nSPS) is 11.4. The van der Waals surface area contributed by atoms with Crippen molar-refractivity contribution in [3.63, 3.8) is 0 Å². The lowest BCUT2D eigenvalue weighted by Gasteiger charge is -2.24. The van der Waals surface area contributed by atoms with E-state index in [4.69, 9.17) is 5.73 Å². The van der Waals surface area contributed by atoms with Gasteiger partial charge in [0.25, 0.3) is 5.56 Å². The third-order valence-electron chi connectivity index (χ3n) is 2.90. The van der Waals surface area contributed by atoms with E-state index in [-0.39, 0.29) is 16.9 Å². The maximum absolute atomic E-state index is 11.4. The fraction of sp³-hybridized carbons (Fsp3) is 0.231. The van der Waals surface area contributed by atoms with Crippen LogP contribution in [-0.2, 0) is 5.41 Å². The molecule has 88 valence electrons. The maximum Gasteiger partial charge on any atom is 0.252 e. The lowest BCUT2D eigenvalue weighted by molar-refractivity contribution is 0.614. The summed E-state index contributed by atoms with van der Waals surface area (Å²) < 4.78 is 0. The molecule has 0 radical (unpaired) electrons. The Morgan fingerprint density at radius 1 is 1.24 bits per heavy atom. The number of rotatable bonds is 2. The number of hydrogen-bond donors (Lipinski definition) is 2. The van der Waals surface area contributed by atoms with Crippen LogP contribution in [0.25, 0.3) is 0 Å². The van der Waals surface area contributed by atoms with Crippen LogP contribution < -0.4 is 11.3 Å². The maximum atomic E-state index is 11.4. The summed E-state index contributed by atoms with van der Waals surface area (Å²) in [6.07, 6.45) is 0. The van der Waals surface area contributed by atoms with Crippen LogP contribution in [0, 0.1) is 0 Å². The van der Waals surface area contributed by atoms with Crippen LogP contribution in [0.4, 0.5) is 5.95 Å². The highest BCUT2D eigenvalue weighted by Crippen LogP contribution is 2.29. The second-order valence-corrected chi connectivity index (χ2v) is 4.51. The highest BCUT2D eigenvalue weighted by molar-refractivity contribution is 5.34. The molecule has 0 aliphatic carbocycles. The van der Waals surface area contributed by atoms with Crippen LogP contribution in [0.1, 0.15) is 25.1 Å². The Morgan fingerprint density at radius 3 is 2.47 bits per heavy atom. The largest absolute Gasteiger partial charge is 0.369 e. The molecular weight excluding hydrogens is 214 g/mol. The van der Waals surface area contributed by atoms with Gasteiger partial charge >= 0.3 is 0 Å². The fourth-order valence-corrected chi connectivity index (χ4v) is 1.80. The number of nitrogens with one attached hydrogen (secondary N) is 1. The van der Waals surface area contributed by atoms with E-state index < -0.39 is 0 Å². The fourth-order valence-electron chi connectivity index (χ4n) is 1.80. The Labute approximate surface area is 99.5 Å². The summed E-state index contributed by atoms with van der Waals surface area (Å²) in [5.41, 5.74) is 6.76. The molecule has 0 bridgehead atoms. The molecule has 0 amide bonds. The second kappa shape index (κ2) is 4.05. The average molecular weight is 229 g/mol. The van der Waals surface area contributed by atoms with Crippen LogP contribution in [0.3, 0.4) is 0 Å². The molecule has 0 aliphatic rings. The molecule has 0 fully saturated rings. The van der Waals surface area contributed by atoms with Gasteiger partial charge in [-0.15, -0.1) is 0 Å². The summed E-state index contributed by atoms with van der Waals surface area (Å²) in [5, 5.41) is 0. The van der Waals surface area contributed by atoms with E-state index in [1.807, 2.05) is 44.2 Å². The average Bonchev–Trinajstić information content (AvgIpc) is 2.29. The van der Waals surface area contributed by atoms with Crippen molar-refractivity contribution in [2.45, 2.75) is 19.3 Å². The monoisotopic (exact) mass is 229 g/mol. The van der Waals surface area contributed by atoms with Gasteiger partial charge in [-0.05, 0) is 5.56 Å². The Balaban J connectivity index is 2.55. The summed E-state index contributed by atoms with van der Waals surface area (Å²) >= 11 is 0. The molecule has 4 nitrogen and oxygen atoms in total. The highest BCUT2D eigenvalue weighted by atomic mass is 16.1. The zero-order valence-electron chi connectivity index (χ0n) is 9.90. The Hall–Kier alpha value is -2.10. The number of nitrogen functional groups attached to an aromatic ring is 1. The summed E-state index contributed by atoms with van der Waals surface area (Å²) in [6.45, 7) is 4.03. The van der Waals surface area contributed by atoms with Crippen LogP contribution in [-0.4, -0.2) is 9.97 Å². The number of nitrogens with zero attached hydrogens (tertiary/aromatic N) is 1. The third-order valence-corrected chi connectivity index (χ3v) is 2.90. The lowest BCUT2D eigenvalue weighted by atomic mass is 9.81. The minimum Gasteiger partial charge on any atom is -0.369 e. The Kier molecular flexibility index (Phi) is 2.71. The van der Waals surface area contributed by atoms with Crippen molar-refractivity contribution in [3.05, 3.63) is 58.0 Å². The minimum absolute atomic E-state index is 0.150. The number of anilines is 1. The van der Waals surface area contributed by atoms with Crippen molar-refractivity contribution in [2.24, 2.45) is 0 Å². The number of H-pyrrole nitrogens is 1. The molecule has 3 N–H and O–H groups in total. The lowest BCUT2D eigenvalue weighted by Crippen LogP contribution is -2.24. The highest BCUT2D eigenvalue weighted by Gasteiger charge is 2.25. The van der Waals surface area contributed by atoms with Crippen molar-refractivity contribution in [3.8, 4) is 0 Å². The molecule has 0 saturated carbocycles. The first-order valence-corrected chi connectivity index (χ1v) is 5.43. The van der Waals surface area contributed by atoms with Crippen molar-refractivity contribution >= 4 is 5.95 Å². The molecule has 0 unspecified atom stereocenters. The van der Waals surface area contributed by atoms with Gasteiger partial charge < -0.3 is 5.73 Å². The summed E-state index contributed by atoms with van der Waals surface area (Å²) in [5.74, 6) is 0.150. The van der Waals surface area contributed by atoms with Gasteiger partial charge in [0.2, 0.25) is 5.95 Å². The van der Waals surface area contributed by atoms with E-state index in [0.717, 1.165) is 5.56 Å². The molecule has 0 saturated heterocycles. The molecule has 4 heteroatoms. The van der Waals surface area contributed by atoms with Gasteiger partial charge in [-0.25, -0.2) is 4.98 Å². The van der Waals surface area contributed by atoms with E-state index in [0.29, 0.717) is 5.69 Å². The number of aromatic amines is 1. The molecule has 0 aliphatic heterocycles. The van der Waals surface area contributed by atoms with Crippen LogP contribution in [0.2, 0.25) is 0 Å². The molecule has 0 atom stereocenters. The first kappa shape index (κ1) is 11.4. The van der Waals surface area contributed by atoms with Crippen molar-refractivity contribution in [1.82, 2.24) is 9.97 Å². The molecule has 17 heavy (non-hydrogen) atoms. The number of hydrogen-bond acceptors (Lipinski definition) is 3. The molecule has 1 heterocycles. The third kappa shape index (κ3) is 2.20. The van der Waals surface area contributed by atoms with Gasteiger partial charge in [0.15, 0.2) is 0 Å². The van der Waals surface area contributed by atoms with Gasteiger partial charge in [-0.1, -0.05) is 44.2 Å². The summed E-state index contributed by atoms with van der Waals surface area (Å²) in [7, 11) is 0. The number of nitrogens with two attached hydrogens (primary N) is 1. The van der Waals surface area contributed by atoms with Gasteiger partial charge in [-0.2, -0.15) is 0 Å². The van der Waals surface area contributed by atoms with E-state index in [9.17, 15) is 4.79 Å². The van der Waals surface area contributed by atoms with Crippen LogP contribution >= 0.6 is 0 Å². The van der Waals surface area contributed by atoms with E-state index in [1.54, 1.807) is 0 Å². The SMILES string of the molecule is CC(C)(c1ccccc1)c1cc(=O)[nH]c(N)n1. The molecule has 1 aromatic heterocycles. The predicted octanol–water partition coefficient (Wildman–Crippen LogP) is 1.68. The van der Waals surface area contributed by atoms with Crippen LogP contribution in [0.15, 0.2) is 41.2 Å². The van der Waals surface area contributed by atoms with Gasteiger partial charge in [0.1, 0.15) is 0 Å². The summed E-state index contributed by atoms with van der Waals surface area (Å²) in [6, 6.07) is 11.4. The number of benzene rings is 1. The topological polar surface area (TPSA) is 71.8 Å². The molecule has 0 spiro atoms. The zero-order valence-corrected chi connectivity index (χ0v) is 9.90. The van der Waals surface area contributed by atoms with Crippen molar-refractivity contribution < 1.29 is 0 Å². The van der Waals surface area contributed by atoms with Gasteiger partial charge in [0, 0.05) is 11.5 Å². The van der Waals surface area contributed by atoms with E-state index in [1.165, 1.54) is 6.07 Å². The molecule has 2 aromatic rings. The second-order valence-electron chi connectivity index (χ2n) is 4.51.